The third-order valence-electron chi connectivity index (χ3n) is 2.24. The fourth-order valence-corrected chi connectivity index (χ4v) is 1.50. The number of pyridine rings is 1. The van der Waals surface area contributed by atoms with Crippen LogP contribution in [0.25, 0.3) is 0 Å². The van der Waals surface area contributed by atoms with Gasteiger partial charge in [0, 0.05) is 6.07 Å². The molecule has 1 aromatic heterocycles. The number of hydrogen-bond donors (Lipinski definition) is 1. The zero-order valence-electron chi connectivity index (χ0n) is 8.70. The lowest BCUT2D eigenvalue weighted by Crippen LogP contribution is -2.41. The molecule has 90 valence electrons. The maximum atomic E-state index is 11.5. The van der Waals surface area contributed by atoms with Gasteiger partial charge in [-0.15, -0.1) is 0 Å². The second-order valence-corrected chi connectivity index (χ2v) is 3.31. The summed E-state index contributed by atoms with van der Waals surface area (Å²) >= 11 is 0. The number of rotatable bonds is 3. The van der Waals surface area contributed by atoms with Crippen molar-refractivity contribution in [1.82, 2.24) is 4.98 Å². The minimum absolute atomic E-state index is 0.0311. The highest BCUT2D eigenvalue weighted by molar-refractivity contribution is 5.96. The lowest BCUT2D eigenvalue weighted by atomic mass is 10.3. The molecule has 0 aliphatic carbocycles. The first-order chi connectivity index (χ1) is 8.13. The van der Waals surface area contributed by atoms with Crippen LogP contribution >= 0.6 is 0 Å². The molecule has 2 heterocycles. The zero-order valence-corrected chi connectivity index (χ0v) is 8.70. The van der Waals surface area contributed by atoms with Crippen LogP contribution in [0.15, 0.2) is 12.1 Å². The minimum Gasteiger partial charge on any atom is -0.477 e. The van der Waals surface area contributed by atoms with Gasteiger partial charge in [0.1, 0.15) is 0 Å². The van der Waals surface area contributed by atoms with E-state index >= 15 is 0 Å². The smallest absolute Gasteiger partial charge is 0.366 e. The SMILES string of the molecule is O=C1COc2ccc([N+](=O)[O-])nc2N1CCO. The van der Waals surface area contributed by atoms with E-state index in [1.54, 1.807) is 0 Å². The molecule has 0 radical (unpaired) electrons. The van der Waals surface area contributed by atoms with Gasteiger partial charge in [-0.1, -0.05) is 0 Å². The van der Waals surface area contributed by atoms with Crippen LogP contribution in [0.3, 0.4) is 0 Å². The highest BCUT2D eigenvalue weighted by Crippen LogP contribution is 2.31. The summed E-state index contributed by atoms with van der Waals surface area (Å²) in [7, 11) is 0. The number of nitro groups is 1. The van der Waals surface area contributed by atoms with Crippen molar-refractivity contribution in [3.8, 4) is 5.75 Å². The minimum atomic E-state index is -0.656. The topological polar surface area (TPSA) is 106 Å². The Hall–Kier alpha value is -2.22. The Labute approximate surface area is 95.6 Å². The average Bonchev–Trinajstić information content (AvgIpc) is 2.32. The zero-order chi connectivity index (χ0) is 12.4. The molecule has 0 aromatic carbocycles. The Bertz CT molecular complexity index is 476. The molecular formula is C9H9N3O5. The molecule has 0 bridgehead atoms. The van der Waals surface area contributed by atoms with Crippen molar-refractivity contribution in [1.29, 1.82) is 0 Å². The van der Waals surface area contributed by atoms with Gasteiger partial charge in [0.15, 0.2) is 12.4 Å². The molecule has 0 spiro atoms. The number of anilines is 1. The van der Waals surface area contributed by atoms with Crippen molar-refractivity contribution in [2.45, 2.75) is 0 Å². The molecule has 1 N–H and O–H groups in total. The van der Waals surface area contributed by atoms with Crippen molar-refractivity contribution in [3.05, 3.63) is 22.2 Å². The van der Waals surface area contributed by atoms with E-state index in [1.807, 2.05) is 0 Å². The molecule has 8 heteroatoms. The van der Waals surface area contributed by atoms with Crippen LogP contribution in [0, 0.1) is 10.1 Å². The van der Waals surface area contributed by atoms with Gasteiger partial charge in [-0.25, -0.2) is 0 Å². The quantitative estimate of drug-likeness (QED) is 0.573. The molecule has 0 unspecified atom stereocenters. The standard InChI is InChI=1S/C9H9N3O5/c13-4-3-11-8(14)5-17-6-1-2-7(12(15)16)10-9(6)11/h1-2,13H,3-5H2. The van der Waals surface area contributed by atoms with Crippen molar-refractivity contribution in [2.75, 3.05) is 24.7 Å². The number of aliphatic hydroxyl groups excluding tert-OH is 1. The molecule has 1 amide bonds. The normalized spacial score (nSPS) is 14.2. The highest BCUT2D eigenvalue weighted by atomic mass is 16.6. The van der Waals surface area contributed by atoms with E-state index in [2.05, 4.69) is 4.98 Å². The van der Waals surface area contributed by atoms with E-state index < -0.39 is 4.92 Å². The van der Waals surface area contributed by atoms with Gasteiger partial charge in [0.2, 0.25) is 0 Å². The van der Waals surface area contributed by atoms with Crippen LogP contribution in [0.1, 0.15) is 0 Å². The summed E-state index contributed by atoms with van der Waals surface area (Å²) in [5.74, 6) is -0.391. The predicted octanol–water partition coefficient (Wildman–Crippen LogP) is -0.293. The third-order valence-corrected chi connectivity index (χ3v) is 2.24. The maximum Gasteiger partial charge on any atom is 0.366 e. The van der Waals surface area contributed by atoms with E-state index in [-0.39, 0.29) is 37.3 Å². The van der Waals surface area contributed by atoms with Gasteiger partial charge in [-0.3, -0.25) is 9.69 Å². The van der Waals surface area contributed by atoms with Crippen LogP contribution in [0.4, 0.5) is 11.6 Å². The Morgan fingerprint density at radius 2 is 2.35 bits per heavy atom. The summed E-state index contributed by atoms with van der Waals surface area (Å²) in [5, 5.41) is 19.4. The first-order valence-corrected chi connectivity index (χ1v) is 4.83. The predicted molar refractivity (Wildman–Crippen MR) is 55.8 cm³/mol. The van der Waals surface area contributed by atoms with E-state index in [9.17, 15) is 14.9 Å². The van der Waals surface area contributed by atoms with Crippen molar-refractivity contribution in [2.24, 2.45) is 0 Å². The third kappa shape index (κ3) is 2.02. The van der Waals surface area contributed by atoms with Gasteiger partial charge in [-0.2, -0.15) is 0 Å². The van der Waals surface area contributed by atoms with E-state index in [0.717, 1.165) is 0 Å². The molecular weight excluding hydrogens is 230 g/mol. The Morgan fingerprint density at radius 3 is 3.00 bits per heavy atom. The molecule has 0 fully saturated rings. The van der Waals surface area contributed by atoms with Crippen LogP contribution in [-0.2, 0) is 4.79 Å². The molecule has 2 rings (SSSR count). The van der Waals surface area contributed by atoms with Crippen molar-refractivity contribution >= 4 is 17.5 Å². The second-order valence-electron chi connectivity index (χ2n) is 3.31. The van der Waals surface area contributed by atoms with Crippen LogP contribution < -0.4 is 9.64 Å². The van der Waals surface area contributed by atoms with E-state index in [1.165, 1.54) is 17.0 Å². The molecule has 0 atom stereocenters. The molecule has 0 saturated carbocycles. The maximum absolute atomic E-state index is 11.5. The Balaban J connectivity index is 2.44. The summed E-state index contributed by atoms with van der Waals surface area (Å²) in [4.78, 5) is 26.3. The lowest BCUT2D eigenvalue weighted by Gasteiger charge is -2.24. The monoisotopic (exact) mass is 239 g/mol. The summed E-state index contributed by atoms with van der Waals surface area (Å²) in [5.41, 5.74) is 0. The van der Waals surface area contributed by atoms with Gasteiger partial charge >= 0.3 is 5.82 Å². The van der Waals surface area contributed by atoms with Crippen LogP contribution in [0.5, 0.6) is 5.75 Å². The van der Waals surface area contributed by atoms with Gasteiger partial charge in [0.25, 0.3) is 11.7 Å². The van der Waals surface area contributed by atoms with Crippen molar-refractivity contribution < 1.29 is 19.6 Å². The molecule has 0 saturated heterocycles. The van der Waals surface area contributed by atoms with Crippen LogP contribution in [-0.4, -0.2) is 40.7 Å². The Morgan fingerprint density at radius 1 is 1.59 bits per heavy atom. The number of nitrogens with zero attached hydrogens (tertiary/aromatic N) is 3. The summed E-state index contributed by atoms with van der Waals surface area (Å²) < 4.78 is 5.09. The number of aliphatic hydroxyl groups is 1. The van der Waals surface area contributed by atoms with E-state index in [0.29, 0.717) is 5.75 Å². The fourth-order valence-electron chi connectivity index (χ4n) is 1.50. The number of β-amino-alcohol motifs (C(OH)–C–C–N with tert-alkyl or cyclic N) is 1. The van der Waals surface area contributed by atoms with Gasteiger partial charge < -0.3 is 20.0 Å². The summed E-state index contributed by atoms with van der Waals surface area (Å²) in [6.45, 7) is -0.384. The lowest BCUT2D eigenvalue weighted by molar-refractivity contribution is -0.389. The number of ether oxygens (including phenoxy) is 1. The van der Waals surface area contributed by atoms with Crippen molar-refractivity contribution in [3.63, 3.8) is 0 Å². The fraction of sp³-hybridized carbons (Fsp3) is 0.333. The number of fused-ring (bicyclic) bond motifs is 1. The van der Waals surface area contributed by atoms with Gasteiger partial charge in [-0.05, 0) is 16.0 Å². The highest BCUT2D eigenvalue weighted by Gasteiger charge is 2.31. The largest absolute Gasteiger partial charge is 0.477 e. The number of aromatic nitrogens is 1. The number of hydrogen-bond acceptors (Lipinski definition) is 6. The molecule has 1 aromatic rings. The molecule has 8 nitrogen and oxygen atoms in total. The van der Waals surface area contributed by atoms with Gasteiger partial charge in [0.05, 0.1) is 13.2 Å². The number of amides is 1. The van der Waals surface area contributed by atoms with Crippen LogP contribution in [0.2, 0.25) is 0 Å². The number of carbonyl (C=O) groups is 1. The Kier molecular flexibility index (Phi) is 2.88. The number of carbonyl (C=O) groups excluding carboxylic acids is 1. The molecule has 1 aliphatic rings. The summed E-state index contributed by atoms with van der Waals surface area (Å²) in [6, 6.07) is 2.59. The molecule has 17 heavy (non-hydrogen) atoms. The average molecular weight is 239 g/mol. The van der Waals surface area contributed by atoms with E-state index in [4.69, 9.17) is 9.84 Å². The first kappa shape index (κ1) is 11.3. The second kappa shape index (κ2) is 4.34. The summed E-state index contributed by atoms with van der Waals surface area (Å²) in [6.07, 6.45) is 0. The first-order valence-electron chi connectivity index (χ1n) is 4.83. The molecule has 1 aliphatic heterocycles.